The topological polar surface area (TPSA) is 81.7 Å². The van der Waals surface area contributed by atoms with Crippen molar-refractivity contribution in [2.45, 2.75) is 12.6 Å². The van der Waals surface area contributed by atoms with Crippen LogP contribution >= 0.6 is 11.8 Å². The van der Waals surface area contributed by atoms with Gasteiger partial charge in [0.2, 0.25) is 0 Å². The summed E-state index contributed by atoms with van der Waals surface area (Å²) in [5, 5.41) is 1.79. The molecular weight excluding hydrogens is 270 g/mol. The van der Waals surface area contributed by atoms with Crippen LogP contribution < -0.4 is 5.32 Å². The van der Waals surface area contributed by atoms with Gasteiger partial charge in [0.25, 0.3) is 0 Å². The maximum absolute atomic E-state index is 11.4. The van der Waals surface area contributed by atoms with Gasteiger partial charge >= 0.3 is 17.4 Å². The second kappa shape index (κ2) is 6.24. The third kappa shape index (κ3) is 3.99. The molecule has 1 heterocycles. The minimum Gasteiger partial charge on any atom is -0.453 e. The molecule has 1 aromatic rings. The van der Waals surface area contributed by atoms with Crippen LogP contribution in [0.5, 0.6) is 0 Å². The second-order valence-corrected chi connectivity index (χ2v) is 4.70. The summed E-state index contributed by atoms with van der Waals surface area (Å²) in [6, 6.07) is 8.45. The zero-order valence-electron chi connectivity index (χ0n) is 9.83. The summed E-state index contributed by atoms with van der Waals surface area (Å²) >= 11 is 0.822. The van der Waals surface area contributed by atoms with Crippen molar-refractivity contribution in [1.29, 1.82) is 0 Å². The summed E-state index contributed by atoms with van der Waals surface area (Å²) in [6.07, 6.45) is -0.784. The predicted octanol–water partition coefficient (Wildman–Crippen LogP) is 1.69. The number of esters is 1. The molecule has 0 aromatic heterocycles. The van der Waals surface area contributed by atoms with Gasteiger partial charge in [-0.1, -0.05) is 30.3 Å². The molecular formula is C12H11NO5S. The number of amides is 1. The fraction of sp³-hybridized carbons (Fsp3) is 0.250. The Morgan fingerprint density at radius 3 is 2.68 bits per heavy atom. The first kappa shape index (κ1) is 13.4. The Morgan fingerprint density at radius 2 is 2.05 bits per heavy atom. The molecule has 0 aliphatic carbocycles. The zero-order valence-corrected chi connectivity index (χ0v) is 10.6. The number of carbonyl (C=O) groups is 3. The van der Waals surface area contributed by atoms with Gasteiger partial charge < -0.3 is 14.8 Å². The number of alkyl carbamates (subject to hydrolysis) is 1. The number of cyclic esters (lactones) is 2. The molecule has 0 saturated carbocycles. The van der Waals surface area contributed by atoms with E-state index in [9.17, 15) is 14.4 Å². The lowest BCUT2D eigenvalue weighted by Crippen LogP contribution is -2.31. The van der Waals surface area contributed by atoms with Gasteiger partial charge in [-0.25, -0.2) is 14.4 Å². The van der Waals surface area contributed by atoms with Crippen molar-refractivity contribution in [3.8, 4) is 0 Å². The zero-order chi connectivity index (χ0) is 13.7. The number of carbonyl (C=O) groups excluding carboxylic acids is 3. The molecule has 19 heavy (non-hydrogen) atoms. The van der Waals surface area contributed by atoms with E-state index in [4.69, 9.17) is 4.74 Å². The quantitative estimate of drug-likeness (QED) is 0.668. The molecule has 0 bridgehead atoms. The monoisotopic (exact) mass is 281 g/mol. The molecule has 1 atom stereocenters. The van der Waals surface area contributed by atoms with Gasteiger partial charge in [0.1, 0.15) is 12.6 Å². The van der Waals surface area contributed by atoms with Gasteiger partial charge in [0.05, 0.1) is 0 Å². The Kier molecular flexibility index (Phi) is 4.40. The number of benzene rings is 1. The fourth-order valence-electron chi connectivity index (χ4n) is 1.41. The molecule has 6 nitrogen and oxygen atoms in total. The molecule has 0 radical (unpaired) electrons. The Morgan fingerprint density at radius 1 is 1.32 bits per heavy atom. The maximum atomic E-state index is 11.4. The normalized spacial score (nSPS) is 17.8. The lowest BCUT2D eigenvalue weighted by atomic mass is 10.2. The van der Waals surface area contributed by atoms with Gasteiger partial charge in [-0.15, -0.1) is 0 Å². The SMILES string of the molecule is O=C1N[C@@H](CSC(=O)OCc2ccccc2)C(=O)O1. The minimum atomic E-state index is -0.790. The van der Waals surface area contributed by atoms with Crippen molar-refractivity contribution in [1.82, 2.24) is 5.32 Å². The third-order valence-electron chi connectivity index (χ3n) is 2.34. The van der Waals surface area contributed by atoms with Crippen LogP contribution in [0.4, 0.5) is 9.59 Å². The van der Waals surface area contributed by atoms with Gasteiger partial charge in [-0.05, 0) is 17.3 Å². The van der Waals surface area contributed by atoms with E-state index >= 15 is 0 Å². The van der Waals surface area contributed by atoms with Crippen LogP contribution in [0.2, 0.25) is 0 Å². The summed E-state index contributed by atoms with van der Waals surface area (Å²) in [5.74, 6) is -0.577. The highest BCUT2D eigenvalue weighted by molar-refractivity contribution is 8.13. The van der Waals surface area contributed by atoms with E-state index in [0.29, 0.717) is 0 Å². The molecule has 1 N–H and O–H groups in total. The largest absolute Gasteiger partial charge is 0.453 e. The van der Waals surface area contributed by atoms with Gasteiger partial charge in [-0.2, -0.15) is 0 Å². The van der Waals surface area contributed by atoms with Gasteiger partial charge in [0.15, 0.2) is 0 Å². The molecule has 1 saturated heterocycles. The Balaban J connectivity index is 1.70. The first-order valence-corrected chi connectivity index (χ1v) is 6.49. The molecule has 0 spiro atoms. The van der Waals surface area contributed by atoms with Crippen molar-refractivity contribution in [3.05, 3.63) is 35.9 Å². The molecule has 1 amide bonds. The average Bonchev–Trinajstić information content (AvgIpc) is 2.73. The summed E-state index contributed by atoms with van der Waals surface area (Å²) in [4.78, 5) is 33.3. The molecule has 7 heteroatoms. The highest BCUT2D eigenvalue weighted by atomic mass is 32.2. The standard InChI is InChI=1S/C12H11NO5S/c14-10-9(13-11(15)18-10)7-19-12(16)17-6-8-4-2-1-3-5-8/h1-5,9H,6-7H2,(H,13,15)/t9-/m0/s1. The molecule has 2 rings (SSSR count). The number of hydrogen-bond donors (Lipinski definition) is 1. The van der Waals surface area contributed by atoms with Crippen LogP contribution in [0.25, 0.3) is 0 Å². The van der Waals surface area contributed by atoms with Crippen LogP contribution in [-0.4, -0.2) is 29.2 Å². The number of nitrogens with one attached hydrogen (secondary N) is 1. The minimum absolute atomic E-state index is 0.0954. The number of ether oxygens (including phenoxy) is 2. The second-order valence-electron chi connectivity index (χ2n) is 3.74. The summed E-state index contributed by atoms with van der Waals surface area (Å²) in [7, 11) is 0. The van der Waals surface area contributed by atoms with E-state index in [1.807, 2.05) is 30.3 Å². The Bertz CT molecular complexity index is 490. The summed E-state index contributed by atoms with van der Waals surface area (Å²) < 4.78 is 9.29. The van der Waals surface area contributed by atoms with Crippen molar-refractivity contribution >= 4 is 29.1 Å². The summed E-state index contributed by atoms with van der Waals surface area (Å²) in [5.41, 5.74) is 0.880. The van der Waals surface area contributed by atoms with Crippen LogP contribution in [0.15, 0.2) is 30.3 Å². The Labute approximate surface area is 113 Å². The van der Waals surface area contributed by atoms with Crippen molar-refractivity contribution < 1.29 is 23.9 Å². The molecule has 100 valence electrons. The Hall–Kier alpha value is -2.02. The van der Waals surface area contributed by atoms with Crippen LogP contribution in [0.3, 0.4) is 0 Å². The lowest BCUT2D eigenvalue weighted by Gasteiger charge is -2.06. The van der Waals surface area contributed by atoms with E-state index in [2.05, 4.69) is 10.1 Å². The highest BCUT2D eigenvalue weighted by Crippen LogP contribution is 2.13. The van der Waals surface area contributed by atoms with Crippen LogP contribution in [-0.2, 0) is 20.9 Å². The first-order chi connectivity index (χ1) is 9.15. The number of thioether (sulfide) groups is 1. The van der Waals surface area contributed by atoms with E-state index in [-0.39, 0.29) is 12.4 Å². The molecule has 1 aliphatic heterocycles. The number of rotatable bonds is 4. The molecule has 1 fully saturated rings. The van der Waals surface area contributed by atoms with E-state index in [1.54, 1.807) is 0 Å². The van der Waals surface area contributed by atoms with E-state index in [1.165, 1.54) is 0 Å². The maximum Gasteiger partial charge on any atom is 0.415 e. The van der Waals surface area contributed by atoms with E-state index in [0.717, 1.165) is 17.3 Å². The summed E-state index contributed by atoms with van der Waals surface area (Å²) in [6.45, 7) is 0.175. The van der Waals surface area contributed by atoms with Crippen molar-refractivity contribution in [2.75, 3.05) is 5.75 Å². The van der Waals surface area contributed by atoms with Gasteiger partial charge in [-0.3, -0.25) is 0 Å². The molecule has 1 aromatic carbocycles. The molecule has 0 unspecified atom stereocenters. The van der Waals surface area contributed by atoms with Crippen LogP contribution in [0.1, 0.15) is 5.56 Å². The number of hydrogen-bond acceptors (Lipinski definition) is 6. The first-order valence-electron chi connectivity index (χ1n) is 5.51. The highest BCUT2D eigenvalue weighted by Gasteiger charge is 2.32. The van der Waals surface area contributed by atoms with Crippen molar-refractivity contribution in [3.63, 3.8) is 0 Å². The third-order valence-corrected chi connectivity index (χ3v) is 3.19. The average molecular weight is 281 g/mol. The van der Waals surface area contributed by atoms with Gasteiger partial charge in [0, 0.05) is 5.75 Å². The fourth-order valence-corrected chi connectivity index (χ4v) is 2.08. The van der Waals surface area contributed by atoms with Crippen molar-refractivity contribution in [2.24, 2.45) is 0 Å². The van der Waals surface area contributed by atoms with Crippen LogP contribution in [0, 0.1) is 0 Å². The predicted molar refractivity (Wildman–Crippen MR) is 67.5 cm³/mol. The smallest absolute Gasteiger partial charge is 0.415 e. The lowest BCUT2D eigenvalue weighted by molar-refractivity contribution is -0.134. The molecule has 1 aliphatic rings. The van der Waals surface area contributed by atoms with E-state index < -0.39 is 23.4 Å².